The first kappa shape index (κ1) is 9.77. The third-order valence-electron chi connectivity index (χ3n) is 3.09. The molecule has 1 aromatic heterocycles. The molecule has 15 heavy (non-hydrogen) atoms. The van der Waals surface area contributed by atoms with Crippen LogP contribution in [0.3, 0.4) is 0 Å². The van der Waals surface area contributed by atoms with Gasteiger partial charge in [0.15, 0.2) is 0 Å². The van der Waals surface area contributed by atoms with Crippen molar-refractivity contribution in [1.29, 1.82) is 0 Å². The summed E-state index contributed by atoms with van der Waals surface area (Å²) in [6, 6.07) is 5.58. The van der Waals surface area contributed by atoms with E-state index < -0.39 is 0 Å². The van der Waals surface area contributed by atoms with E-state index in [9.17, 15) is 4.79 Å². The SMILES string of the molecule is Cc1c(C)n(C)c2cc(C(N)=O)ccc12. The minimum atomic E-state index is -0.381. The average molecular weight is 202 g/mol. The second-order valence-electron chi connectivity index (χ2n) is 3.87. The molecule has 0 radical (unpaired) electrons. The van der Waals surface area contributed by atoms with Crippen molar-refractivity contribution in [2.45, 2.75) is 13.8 Å². The Bertz CT molecular complexity index is 552. The van der Waals surface area contributed by atoms with Crippen molar-refractivity contribution >= 4 is 16.8 Å². The highest BCUT2D eigenvalue weighted by atomic mass is 16.1. The Morgan fingerprint density at radius 3 is 2.60 bits per heavy atom. The number of carbonyl (C=O) groups excluding carboxylic acids is 1. The number of carbonyl (C=O) groups is 1. The summed E-state index contributed by atoms with van der Waals surface area (Å²) in [5.74, 6) is -0.381. The molecule has 2 N–H and O–H groups in total. The first-order valence-corrected chi connectivity index (χ1v) is 4.88. The van der Waals surface area contributed by atoms with Gasteiger partial charge in [-0.2, -0.15) is 0 Å². The minimum absolute atomic E-state index is 0.381. The highest BCUT2D eigenvalue weighted by molar-refractivity contribution is 5.98. The molecule has 2 aromatic rings. The third-order valence-corrected chi connectivity index (χ3v) is 3.09. The molecule has 2 rings (SSSR count). The number of nitrogens with zero attached hydrogens (tertiary/aromatic N) is 1. The zero-order valence-corrected chi connectivity index (χ0v) is 9.16. The Morgan fingerprint density at radius 2 is 2.00 bits per heavy atom. The number of benzene rings is 1. The zero-order valence-electron chi connectivity index (χ0n) is 9.16. The Kier molecular flexibility index (Phi) is 2.03. The van der Waals surface area contributed by atoms with Crippen LogP contribution in [-0.4, -0.2) is 10.5 Å². The fourth-order valence-corrected chi connectivity index (χ4v) is 1.91. The average Bonchev–Trinajstić information content (AvgIpc) is 2.44. The van der Waals surface area contributed by atoms with Gasteiger partial charge in [-0.15, -0.1) is 0 Å². The van der Waals surface area contributed by atoms with Gasteiger partial charge in [0.2, 0.25) is 5.91 Å². The fourth-order valence-electron chi connectivity index (χ4n) is 1.91. The number of fused-ring (bicyclic) bond motifs is 1. The first-order valence-electron chi connectivity index (χ1n) is 4.88. The van der Waals surface area contributed by atoms with Gasteiger partial charge in [0.25, 0.3) is 0 Å². The summed E-state index contributed by atoms with van der Waals surface area (Å²) in [4.78, 5) is 11.1. The van der Waals surface area contributed by atoms with E-state index in [1.807, 2.05) is 19.2 Å². The molecule has 0 aliphatic rings. The van der Waals surface area contributed by atoms with Gasteiger partial charge in [-0.05, 0) is 31.5 Å². The van der Waals surface area contributed by atoms with Crippen molar-refractivity contribution in [2.75, 3.05) is 0 Å². The number of amides is 1. The standard InChI is InChI=1S/C12H14N2O/c1-7-8(2)14(3)11-6-9(12(13)15)4-5-10(7)11/h4-6H,1-3H3,(H2,13,15). The lowest BCUT2D eigenvalue weighted by molar-refractivity contribution is 0.100. The van der Waals surface area contributed by atoms with E-state index in [2.05, 4.69) is 18.4 Å². The van der Waals surface area contributed by atoms with Crippen LogP contribution in [0.5, 0.6) is 0 Å². The van der Waals surface area contributed by atoms with Crippen LogP contribution in [0.4, 0.5) is 0 Å². The highest BCUT2D eigenvalue weighted by Gasteiger charge is 2.09. The largest absolute Gasteiger partial charge is 0.366 e. The second-order valence-corrected chi connectivity index (χ2v) is 3.87. The predicted octanol–water partition coefficient (Wildman–Crippen LogP) is 1.89. The molecule has 0 unspecified atom stereocenters. The van der Waals surface area contributed by atoms with Gasteiger partial charge in [0, 0.05) is 29.2 Å². The monoisotopic (exact) mass is 202 g/mol. The van der Waals surface area contributed by atoms with E-state index in [1.165, 1.54) is 16.6 Å². The molecule has 1 aromatic carbocycles. The summed E-state index contributed by atoms with van der Waals surface area (Å²) in [6.07, 6.45) is 0. The quantitative estimate of drug-likeness (QED) is 0.754. The summed E-state index contributed by atoms with van der Waals surface area (Å²) < 4.78 is 2.08. The van der Waals surface area contributed by atoms with Crippen LogP contribution in [0.1, 0.15) is 21.6 Å². The molecule has 0 atom stereocenters. The smallest absolute Gasteiger partial charge is 0.248 e. The molecule has 1 amide bonds. The van der Waals surface area contributed by atoms with Crippen molar-refractivity contribution in [2.24, 2.45) is 12.8 Å². The third kappa shape index (κ3) is 1.31. The van der Waals surface area contributed by atoms with Crippen LogP contribution in [-0.2, 0) is 7.05 Å². The van der Waals surface area contributed by atoms with Crippen molar-refractivity contribution in [1.82, 2.24) is 4.57 Å². The molecule has 0 bridgehead atoms. The lowest BCUT2D eigenvalue weighted by atomic mass is 10.1. The van der Waals surface area contributed by atoms with Crippen molar-refractivity contribution in [3.63, 3.8) is 0 Å². The van der Waals surface area contributed by atoms with Crippen LogP contribution in [0.25, 0.3) is 10.9 Å². The maximum absolute atomic E-state index is 11.1. The van der Waals surface area contributed by atoms with E-state index in [1.54, 1.807) is 6.07 Å². The van der Waals surface area contributed by atoms with Crippen LogP contribution in [0.2, 0.25) is 0 Å². The number of aryl methyl sites for hydroxylation is 2. The molecule has 0 fully saturated rings. The fraction of sp³-hybridized carbons (Fsp3) is 0.250. The van der Waals surface area contributed by atoms with Gasteiger partial charge in [-0.1, -0.05) is 6.07 Å². The van der Waals surface area contributed by atoms with Crippen LogP contribution >= 0.6 is 0 Å². The van der Waals surface area contributed by atoms with Gasteiger partial charge in [-0.25, -0.2) is 0 Å². The van der Waals surface area contributed by atoms with Gasteiger partial charge < -0.3 is 10.3 Å². The van der Waals surface area contributed by atoms with Gasteiger partial charge in [0.1, 0.15) is 0 Å². The first-order chi connectivity index (χ1) is 7.02. The minimum Gasteiger partial charge on any atom is -0.366 e. The van der Waals surface area contributed by atoms with Crippen molar-refractivity contribution in [3.8, 4) is 0 Å². The summed E-state index contributed by atoms with van der Waals surface area (Å²) in [7, 11) is 2.00. The number of primary amides is 1. The maximum atomic E-state index is 11.1. The second kappa shape index (κ2) is 3.12. The Balaban J connectivity index is 2.82. The highest BCUT2D eigenvalue weighted by Crippen LogP contribution is 2.24. The summed E-state index contributed by atoms with van der Waals surface area (Å²) >= 11 is 0. The number of rotatable bonds is 1. The molecule has 0 aliphatic heterocycles. The molecule has 1 heterocycles. The topological polar surface area (TPSA) is 48.0 Å². The van der Waals surface area contributed by atoms with Gasteiger partial charge >= 0.3 is 0 Å². The Labute approximate surface area is 88.5 Å². The van der Waals surface area contributed by atoms with Crippen LogP contribution in [0, 0.1) is 13.8 Å². The van der Waals surface area contributed by atoms with Crippen molar-refractivity contribution < 1.29 is 4.79 Å². The Hall–Kier alpha value is -1.77. The lowest BCUT2D eigenvalue weighted by Gasteiger charge is -2.00. The number of aromatic nitrogens is 1. The van der Waals surface area contributed by atoms with E-state index >= 15 is 0 Å². The van der Waals surface area contributed by atoms with E-state index in [4.69, 9.17) is 5.73 Å². The molecule has 3 heteroatoms. The molecular weight excluding hydrogens is 188 g/mol. The molecule has 0 aliphatic carbocycles. The predicted molar refractivity (Wildman–Crippen MR) is 60.9 cm³/mol. The summed E-state index contributed by atoms with van der Waals surface area (Å²) in [6.45, 7) is 4.15. The molecule has 3 nitrogen and oxygen atoms in total. The van der Waals surface area contributed by atoms with Crippen LogP contribution < -0.4 is 5.73 Å². The summed E-state index contributed by atoms with van der Waals surface area (Å²) in [5, 5.41) is 1.18. The number of nitrogens with two attached hydrogens (primary N) is 1. The summed E-state index contributed by atoms with van der Waals surface area (Å²) in [5.41, 5.74) is 9.33. The maximum Gasteiger partial charge on any atom is 0.248 e. The molecule has 0 saturated carbocycles. The molecule has 0 saturated heterocycles. The number of hydrogen-bond acceptors (Lipinski definition) is 1. The van der Waals surface area contributed by atoms with Gasteiger partial charge in [0.05, 0.1) is 0 Å². The number of hydrogen-bond donors (Lipinski definition) is 1. The zero-order chi connectivity index (χ0) is 11.2. The Morgan fingerprint density at radius 1 is 1.33 bits per heavy atom. The molecular formula is C12H14N2O. The van der Waals surface area contributed by atoms with Crippen molar-refractivity contribution in [3.05, 3.63) is 35.0 Å². The van der Waals surface area contributed by atoms with Gasteiger partial charge in [-0.3, -0.25) is 4.79 Å². The normalized spacial score (nSPS) is 10.9. The van der Waals surface area contributed by atoms with Crippen LogP contribution in [0.15, 0.2) is 18.2 Å². The molecule has 0 spiro atoms. The van der Waals surface area contributed by atoms with E-state index in [0.29, 0.717) is 5.56 Å². The van der Waals surface area contributed by atoms with E-state index in [-0.39, 0.29) is 5.91 Å². The van der Waals surface area contributed by atoms with E-state index in [0.717, 1.165) is 5.52 Å². The molecule has 78 valence electrons. The lowest BCUT2D eigenvalue weighted by Crippen LogP contribution is -2.10.